The molecule has 12 heteroatoms. The van der Waals surface area contributed by atoms with E-state index in [9.17, 15) is 18.0 Å². The highest BCUT2D eigenvalue weighted by Crippen LogP contribution is 2.37. The van der Waals surface area contributed by atoms with Crippen molar-refractivity contribution in [2.75, 3.05) is 26.1 Å². The average Bonchev–Trinajstić information content (AvgIpc) is 3.29. The number of carbonyl (C=O) groups excluding carboxylic acids is 1. The van der Waals surface area contributed by atoms with E-state index in [0.717, 1.165) is 0 Å². The molecule has 9 nitrogen and oxygen atoms in total. The molecule has 1 amide bonds. The van der Waals surface area contributed by atoms with E-state index >= 15 is 0 Å². The summed E-state index contributed by atoms with van der Waals surface area (Å²) in [5, 5.41) is 7.48. The van der Waals surface area contributed by atoms with Crippen LogP contribution < -0.4 is 24.3 Å². The van der Waals surface area contributed by atoms with Gasteiger partial charge < -0.3 is 24.3 Å². The summed E-state index contributed by atoms with van der Waals surface area (Å²) in [6.07, 6.45) is -1.66. The number of rotatable bonds is 10. The molecule has 0 radical (unpaired) electrons. The van der Waals surface area contributed by atoms with Crippen LogP contribution in [0.15, 0.2) is 54.9 Å². The molecule has 206 valence electrons. The van der Waals surface area contributed by atoms with Crippen molar-refractivity contribution >= 4 is 22.5 Å². The van der Waals surface area contributed by atoms with Crippen molar-refractivity contribution in [1.82, 2.24) is 14.8 Å². The van der Waals surface area contributed by atoms with Crippen LogP contribution in [0.2, 0.25) is 0 Å². The zero-order valence-electron chi connectivity index (χ0n) is 21.7. The lowest BCUT2D eigenvalue weighted by Gasteiger charge is -2.13. The van der Waals surface area contributed by atoms with Gasteiger partial charge in [0.1, 0.15) is 11.5 Å². The number of amides is 1. The Balaban J connectivity index is 1.51. The lowest BCUT2D eigenvalue weighted by Crippen LogP contribution is -2.21. The van der Waals surface area contributed by atoms with Crippen molar-refractivity contribution < 1.29 is 36.9 Å². The SMILES string of the molecule is COc1cc2nccc(Oc3ccc(NC(=O)c4nn(CC(C)C)cc4OCC(F)(F)F)cc3)c2cc1OC. The third-order valence-electron chi connectivity index (χ3n) is 5.43. The second kappa shape index (κ2) is 11.5. The fourth-order valence-electron chi connectivity index (χ4n) is 3.75. The van der Waals surface area contributed by atoms with Gasteiger partial charge in [-0.25, -0.2) is 0 Å². The number of fused-ring (bicyclic) bond motifs is 1. The summed E-state index contributed by atoms with van der Waals surface area (Å²) in [5.74, 6) is 1.27. The van der Waals surface area contributed by atoms with E-state index in [1.807, 2.05) is 13.8 Å². The molecular formula is C27H27F3N4O5. The average molecular weight is 545 g/mol. The monoisotopic (exact) mass is 544 g/mol. The topological polar surface area (TPSA) is 96.7 Å². The molecule has 2 heterocycles. The van der Waals surface area contributed by atoms with Crippen molar-refractivity contribution in [2.24, 2.45) is 5.92 Å². The van der Waals surface area contributed by atoms with Crippen LogP contribution in [0.25, 0.3) is 10.9 Å². The van der Waals surface area contributed by atoms with E-state index in [1.54, 1.807) is 48.7 Å². The van der Waals surface area contributed by atoms with Crippen LogP contribution in [-0.2, 0) is 6.54 Å². The van der Waals surface area contributed by atoms with E-state index in [4.69, 9.17) is 18.9 Å². The molecule has 0 aliphatic carbocycles. The summed E-state index contributed by atoms with van der Waals surface area (Å²) in [6.45, 7) is 2.71. The van der Waals surface area contributed by atoms with E-state index in [-0.39, 0.29) is 17.4 Å². The number of benzene rings is 2. The van der Waals surface area contributed by atoms with Crippen LogP contribution in [0.3, 0.4) is 0 Å². The Hall–Kier alpha value is -4.48. The molecule has 4 rings (SSSR count). The Morgan fingerprint density at radius 2 is 1.69 bits per heavy atom. The van der Waals surface area contributed by atoms with Crippen LogP contribution >= 0.6 is 0 Å². The smallest absolute Gasteiger partial charge is 0.422 e. The minimum Gasteiger partial charge on any atom is -0.493 e. The predicted molar refractivity (Wildman–Crippen MR) is 138 cm³/mol. The number of nitrogens with one attached hydrogen (secondary N) is 1. The van der Waals surface area contributed by atoms with Gasteiger partial charge in [-0.2, -0.15) is 18.3 Å². The summed E-state index contributed by atoms with van der Waals surface area (Å²) in [5.41, 5.74) is 0.792. The first kappa shape index (κ1) is 27.6. The number of aromatic nitrogens is 3. The molecule has 0 aliphatic rings. The van der Waals surface area contributed by atoms with Gasteiger partial charge in [-0.05, 0) is 42.3 Å². The maximum atomic E-state index is 12.9. The van der Waals surface area contributed by atoms with Crippen molar-refractivity contribution in [2.45, 2.75) is 26.6 Å². The van der Waals surface area contributed by atoms with E-state index in [2.05, 4.69) is 15.4 Å². The second-order valence-electron chi connectivity index (χ2n) is 8.98. The summed E-state index contributed by atoms with van der Waals surface area (Å²) in [4.78, 5) is 17.2. The van der Waals surface area contributed by atoms with Gasteiger partial charge in [0, 0.05) is 29.9 Å². The van der Waals surface area contributed by atoms with Crippen LogP contribution in [-0.4, -0.2) is 47.7 Å². The van der Waals surface area contributed by atoms with Gasteiger partial charge in [-0.1, -0.05) is 13.8 Å². The lowest BCUT2D eigenvalue weighted by molar-refractivity contribution is -0.153. The number of halogens is 3. The van der Waals surface area contributed by atoms with Crippen molar-refractivity contribution in [3.63, 3.8) is 0 Å². The summed E-state index contributed by atoms with van der Waals surface area (Å²) < 4.78 is 61.1. The molecule has 2 aromatic carbocycles. The largest absolute Gasteiger partial charge is 0.493 e. The molecule has 0 saturated heterocycles. The second-order valence-corrected chi connectivity index (χ2v) is 8.98. The molecule has 0 unspecified atom stereocenters. The highest BCUT2D eigenvalue weighted by molar-refractivity contribution is 6.04. The molecule has 4 aromatic rings. The Bertz CT molecular complexity index is 1450. The number of anilines is 1. The Morgan fingerprint density at radius 3 is 2.33 bits per heavy atom. The molecule has 2 aromatic heterocycles. The zero-order valence-corrected chi connectivity index (χ0v) is 21.7. The quantitative estimate of drug-likeness (QED) is 0.258. The number of nitrogens with zero attached hydrogens (tertiary/aromatic N) is 3. The molecule has 0 aliphatic heterocycles. The highest BCUT2D eigenvalue weighted by atomic mass is 19.4. The molecule has 0 fully saturated rings. The Kier molecular flexibility index (Phi) is 8.12. The van der Waals surface area contributed by atoms with Crippen molar-refractivity contribution in [3.05, 3.63) is 60.6 Å². The Morgan fingerprint density at radius 1 is 1.00 bits per heavy atom. The first-order valence-corrected chi connectivity index (χ1v) is 11.9. The van der Waals surface area contributed by atoms with Crippen molar-refractivity contribution in [1.29, 1.82) is 0 Å². The molecule has 0 spiro atoms. The molecule has 0 bridgehead atoms. The minimum absolute atomic E-state index is 0.157. The summed E-state index contributed by atoms with van der Waals surface area (Å²) >= 11 is 0. The van der Waals surface area contributed by atoms with Crippen LogP contribution in [0, 0.1) is 5.92 Å². The fraction of sp³-hybridized carbons (Fsp3) is 0.296. The predicted octanol–water partition coefficient (Wildman–Crippen LogP) is 6.09. The maximum Gasteiger partial charge on any atom is 0.422 e. The minimum atomic E-state index is -4.55. The fourth-order valence-corrected chi connectivity index (χ4v) is 3.75. The highest BCUT2D eigenvalue weighted by Gasteiger charge is 2.30. The van der Waals surface area contributed by atoms with Crippen molar-refractivity contribution in [3.8, 4) is 28.7 Å². The lowest BCUT2D eigenvalue weighted by atomic mass is 10.2. The van der Waals surface area contributed by atoms with Gasteiger partial charge in [-0.3, -0.25) is 14.5 Å². The molecular weight excluding hydrogens is 517 g/mol. The Labute approximate surface area is 222 Å². The number of pyridine rings is 1. The number of carbonyl (C=O) groups is 1. The van der Waals surface area contributed by atoms with Gasteiger partial charge in [-0.15, -0.1) is 0 Å². The number of hydrogen-bond acceptors (Lipinski definition) is 7. The van der Waals surface area contributed by atoms with Crippen LogP contribution in [0.1, 0.15) is 24.3 Å². The summed E-state index contributed by atoms with van der Waals surface area (Å²) in [6, 6.07) is 11.7. The van der Waals surface area contributed by atoms with E-state index < -0.39 is 18.7 Å². The third kappa shape index (κ3) is 6.89. The third-order valence-corrected chi connectivity index (χ3v) is 5.43. The first-order chi connectivity index (χ1) is 18.6. The van der Waals surface area contributed by atoms with E-state index in [1.165, 1.54) is 25.1 Å². The number of methoxy groups -OCH3 is 2. The number of ether oxygens (including phenoxy) is 4. The number of alkyl halides is 3. The van der Waals surface area contributed by atoms with Gasteiger partial charge in [0.15, 0.2) is 29.5 Å². The molecule has 0 saturated carbocycles. The molecule has 0 atom stereocenters. The maximum absolute atomic E-state index is 12.9. The normalized spacial score (nSPS) is 11.5. The molecule has 39 heavy (non-hydrogen) atoms. The van der Waals surface area contributed by atoms with Gasteiger partial charge in [0.2, 0.25) is 0 Å². The first-order valence-electron chi connectivity index (χ1n) is 11.9. The van der Waals surface area contributed by atoms with Gasteiger partial charge >= 0.3 is 6.18 Å². The standard InChI is InChI=1S/C27H27F3N4O5/c1-16(2)13-34-14-24(38-15-27(28,29)30)25(33-34)26(35)32-17-5-7-18(8-6-17)39-21-9-10-31-20-12-23(37-4)22(36-3)11-19(20)21/h5-12,14,16H,13,15H2,1-4H3,(H,32,35). The van der Waals surface area contributed by atoms with Crippen LogP contribution in [0.4, 0.5) is 18.9 Å². The van der Waals surface area contributed by atoms with Gasteiger partial charge in [0.05, 0.1) is 25.9 Å². The summed E-state index contributed by atoms with van der Waals surface area (Å²) in [7, 11) is 3.08. The zero-order chi connectivity index (χ0) is 28.2. The molecule has 1 N–H and O–H groups in total. The van der Waals surface area contributed by atoms with Gasteiger partial charge in [0.25, 0.3) is 5.91 Å². The number of hydrogen-bond donors (Lipinski definition) is 1. The van der Waals surface area contributed by atoms with Crippen LogP contribution in [0.5, 0.6) is 28.7 Å². The van der Waals surface area contributed by atoms with E-state index in [0.29, 0.717) is 46.1 Å².